The summed E-state index contributed by atoms with van der Waals surface area (Å²) in [5.41, 5.74) is 0. The molecule has 12 heteroatoms. The van der Waals surface area contributed by atoms with E-state index < -0.39 is 43.0 Å². The highest BCUT2D eigenvalue weighted by Crippen LogP contribution is 2.08. The molecule has 0 atom stereocenters. The molecule has 0 aliphatic heterocycles. The van der Waals surface area contributed by atoms with Gasteiger partial charge >= 0.3 is 17.6 Å². The fourth-order valence-corrected chi connectivity index (χ4v) is 5.53. The first-order chi connectivity index (χ1) is 7.85. The second kappa shape index (κ2) is 4.46. The van der Waals surface area contributed by atoms with Crippen LogP contribution in [-0.2, 0) is 10.1 Å². The van der Waals surface area contributed by atoms with E-state index in [1.54, 1.807) is 0 Å². The molecule has 0 saturated carbocycles. The fourth-order valence-electron chi connectivity index (χ4n) is 1.37. The van der Waals surface area contributed by atoms with E-state index in [0.29, 0.717) is 6.07 Å². The number of rotatable bonds is 3. The molecule has 0 bridgehead atoms. The van der Waals surface area contributed by atoms with Crippen LogP contribution in [0.25, 0.3) is 0 Å². The van der Waals surface area contributed by atoms with Crippen LogP contribution in [0.4, 0.5) is 0 Å². The Labute approximate surface area is 103 Å². The van der Waals surface area contributed by atoms with Crippen molar-refractivity contribution in [2.45, 2.75) is 4.90 Å². The van der Waals surface area contributed by atoms with E-state index in [-0.39, 0.29) is 0 Å². The molecule has 1 aromatic carbocycles. The third-order valence-electron chi connectivity index (χ3n) is 2.00. The Balaban J connectivity index is 3.79. The average molecular weight is 314 g/mol. The first-order valence-corrected chi connectivity index (χ1v) is 9.43. The zero-order chi connectivity index (χ0) is 14.4. The van der Waals surface area contributed by atoms with Crippen LogP contribution in [0.1, 0.15) is 0 Å². The topological polar surface area (TPSA) is 176 Å². The summed E-state index contributed by atoms with van der Waals surface area (Å²) in [6, 6.07) is 2.42. The molecule has 7 N–H and O–H groups in total. The number of benzene rings is 1. The van der Waals surface area contributed by atoms with E-state index in [1.807, 2.05) is 0 Å². The first kappa shape index (κ1) is 15.4. The standard InChI is InChI=1S/C6H10O9SSi2/c7-16(8,9)4-2-1-3-5(17(10,11)12)6(4)18(13,14)15/h1-3,10-15H,(H,7,8,9). The molecule has 9 nitrogen and oxygen atoms in total. The quantitative estimate of drug-likeness (QED) is 0.213. The zero-order valence-corrected chi connectivity index (χ0v) is 11.4. The summed E-state index contributed by atoms with van der Waals surface area (Å²) in [4.78, 5) is 53.6. The first-order valence-electron chi connectivity index (χ1n) is 4.31. The van der Waals surface area contributed by atoms with Gasteiger partial charge in [0.15, 0.2) is 0 Å². The van der Waals surface area contributed by atoms with Gasteiger partial charge in [-0.1, -0.05) is 12.1 Å². The Morgan fingerprint density at radius 2 is 1.39 bits per heavy atom. The molecule has 18 heavy (non-hydrogen) atoms. The maximum absolute atomic E-state index is 11.0. The number of hydrogen-bond donors (Lipinski definition) is 7. The second-order valence-corrected chi connectivity index (χ2v) is 8.39. The normalized spacial score (nSPS) is 13.7. The Hall–Kier alpha value is -0.676. The lowest BCUT2D eigenvalue weighted by atomic mass is 10.4. The lowest BCUT2D eigenvalue weighted by Gasteiger charge is -2.20. The predicted molar refractivity (Wildman–Crippen MR) is 60.3 cm³/mol. The monoisotopic (exact) mass is 314 g/mol. The van der Waals surface area contributed by atoms with Crippen molar-refractivity contribution in [2.75, 3.05) is 0 Å². The summed E-state index contributed by atoms with van der Waals surface area (Å²) < 4.78 is 30.8. The van der Waals surface area contributed by atoms with Crippen molar-refractivity contribution in [3.8, 4) is 0 Å². The van der Waals surface area contributed by atoms with Gasteiger partial charge in [0.25, 0.3) is 10.1 Å². The zero-order valence-electron chi connectivity index (χ0n) is 8.59. The van der Waals surface area contributed by atoms with Gasteiger partial charge in [0.1, 0.15) is 4.90 Å². The smallest absolute Gasteiger partial charge is 0.386 e. The Kier molecular flexibility index (Phi) is 3.81. The van der Waals surface area contributed by atoms with Crippen molar-refractivity contribution in [3.05, 3.63) is 18.2 Å². The average Bonchev–Trinajstić information content (AvgIpc) is 2.12. The Morgan fingerprint density at radius 3 is 1.72 bits per heavy atom. The summed E-state index contributed by atoms with van der Waals surface area (Å²) in [6.07, 6.45) is 0. The van der Waals surface area contributed by atoms with Gasteiger partial charge < -0.3 is 28.8 Å². The van der Waals surface area contributed by atoms with E-state index in [9.17, 15) is 8.42 Å². The summed E-state index contributed by atoms with van der Waals surface area (Å²) >= 11 is 0. The van der Waals surface area contributed by atoms with Gasteiger partial charge in [0.05, 0.1) is 0 Å². The summed E-state index contributed by atoms with van der Waals surface area (Å²) in [5, 5.41) is -2.12. The fraction of sp³-hybridized carbons (Fsp3) is 0. The van der Waals surface area contributed by atoms with Gasteiger partial charge in [-0.2, -0.15) is 8.42 Å². The minimum Gasteiger partial charge on any atom is -0.386 e. The highest BCUT2D eigenvalue weighted by atomic mass is 32.2. The van der Waals surface area contributed by atoms with Crippen molar-refractivity contribution >= 4 is 38.1 Å². The van der Waals surface area contributed by atoms with Crippen LogP contribution >= 0.6 is 0 Å². The molecule has 0 aliphatic rings. The highest BCUT2D eigenvalue weighted by Gasteiger charge is 2.46. The Morgan fingerprint density at radius 1 is 0.889 bits per heavy atom. The van der Waals surface area contributed by atoms with Crippen LogP contribution in [0.3, 0.4) is 0 Å². The highest BCUT2D eigenvalue weighted by molar-refractivity contribution is 7.86. The third-order valence-corrected chi connectivity index (χ3v) is 5.68. The molecule has 0 saturated heterocycles. The molecule has 0 fully saturated rings. The van der Waals surface area contributed by atoms with Gasteiger partial charge in [-0.3, -0.25) is 4.55 Å². The van der Waals surface area contributed by atoms with Gasteiger partial charge in [-0.25, -0.2) is 0 Å². The lowest BCUT2D eigenvalue weighted by Crippen LogP contribution is -2.66. The van der Waals surface area contributed by atoms with Crippen LogP contribution in [0, 0.1) is 0 Å². The summed E-state index contributed by atoms with van der Waals surface area (Å²) in [6.45, 7) is 0. The van der Waals surface area contributed by atoms with Gasteiger partial charge in [0.2, 0.25) is 0 Å². The molecule has 1 rings (SSSR count). The molecule has 0 aromatic heterocycles. The van der Waals surface area contributed by atoms with E-state index in [2.05, 4.69) is 0 Å². The van der Waals surface area contributed by atoms with E-state index in [1.165, 1.54) is 0 Å². The van der Waals surface area contributed by atoms with Crippen LogP contribution in [0.2, 0.25) is 0 Å². The molecular formula is C6H10O9SSi2. The van der Waals surface area contributed by atoms with Crippen LogP contribution in [0.15, 0.2) is 23.1 Å². The van der Waals surface area contributed by atoms with Crippen LogP contribution < -0.4 is 10.4 Å². The van der Waals surface area contributed by atoms with Crippen LogP contribution in [-0.4, -0.2) is 59.4 Å². The van der Waals surface area contributed by atoms with E-state index in [0.717, 1.165) is 12.1 Å². The van der Waals surface area contributed by atoms with Crippen LogP contribution in [0.5, 0.6) is 0 Å². The summed E-state index contributed by atoms with van der Waals surface area (Å²) in [7, 11) is -15.4. The molecule has 0 spiro atoms. The maximum Gasteiger partial charge on any atom is 0.530 e. The van der Waals surface area contributed by atoms with Gasteiger partial charge in [-0.05, 0) is 6.07 Å². The maximum atomic E-state index is 11.0. The van der Waals surface area contributed by atoms with Crippen molar-refractivity contribution in [3.63, 3.8) is 0 Å². The largest absolute Gasteiger partial charge is 0.530 e. The van der Waals surface area contributed by atoms with Crippen molar-refractivity contribution < 1.29 is 41.7 Å². The van der Waals surface area contributed by atoms with E-state index >= 15 is 0 Å². The third kappa shape index (κ3) is 3.20. The number of hydrogen-bond acceptors (Lipinski definition) is 8. The molecule has 0 amide bonds. The van der Waals surface area contributed by atoms with Crippen molar-refractivity contribution in [1.29, 1.82) is 0 Å². The minimum absolute atomic E-state index is 0.707. The predicted octanol–water partition coefficient (Wildman–Crippen LogP) is -4.82. The second-order valence-electron chi connectivity index (χ2n) is 3.42. The molecule has 1 aromatic rings. The van der Waals surface area contributed by atoms with Crippen molar-refractivity contribution in [1.82, 2.24) is 0 Å². The Bertz CT molecular complexity index is 555. The molecule has 102 valence electrons. The van der Waals surface area contributed by atoms with Gasteiger partial charge in [0, 0.05) is 10.4 Å². The molecule has 0 heterocycles. The van der Waals surface area contributed by atoms with Gasteiger partial charge in [-0.15, -0.1) is 0 Å². The van der Waals surface area contributed by atoms with Crippen molar-refractivity contribution in [2.24, 2.45) is 0 Å². The molecular weight excluding hydrogens is 304 g/mol. The molecule has 0 aliphatic carbocycles. The molecule has 0 radical (unpaired) electrons. The molecule has 0 unspecified atom stereocenters. The lowest BCUT2D eigenvalue weighted by molar-refractivity contribution is 0.240. The minimum atomic E-state index is -5.33. The SMILES string of the molecule is O=S(=O)(O)c1cccc([Si](O)(O)O)c1[Si](O)(O)O. The van der Waals surface area contributed by atoms with E-state index in [4.69, 9.17) is 33.3 Å². The summed E-state index contributed by atoms with van der Waals surface area (Å²) in [5.74, 6) is 0.